The Kier molecular flexibility index (Phi) is 4.20. The van der Waals surface area contributed by atoms with Crippen molar-refractivity contribution in [1.29, 1.82) is 0 Å². The number of nitrogens with one attached hydrogen (secondary N) is 1. The molecule has 0 aliphatic carbocycles. The number of imidazole rings is 1. The number of rotatable bonds is 3. The normalized spacial score (nSPS) is 14.1. The first kappa shape index (κ1) is 17.1. The number of carbonyl (C=O) groups is 1. The molecule has 1 fully saturated rings. The third kappa shape index (κ3) is 2.72. The summed E-state index contributed by atoms with van der Waals surface area (Å²) in [5.74, 6) is 2.70. The van der Waals surface area contributed by atoms with Crippen LogP contribution in [0, 0.1) is 6.92 Å². The predicted octanol–water partition coefficient (Wildman–Crippen LogP) is 4.48. The predicted molar refractivity (Wildman–Crippen MR) is 114 cm³/mol. The standard InChI is InChI=1S/C22H20N4OS/c1-15-21(22(27)25-9-10-28-14-25)19(12-26(15)20-11-23-13-24-20)18-8-4-6-16-5-2-3-7-17(16)18/h2-8,11-13H,9-10,14H2,1H3,(H,23,24). The van der Waals surface area contributed by atoms with Gasteiger partial charge >= 0.3 is 0 Å². The Hall–Kier alpha value is -2.99. The number of amides is 1. The fourth-order valence-electron chi connectivity index (χ4n) is 3.90. The number of benzene rings is 2. The van der Waals surface area contributed by atoms with E-state index in [0.717, 1.165) is 51.8 Å². The Balaban J connectivity index is 1.76. The van der Waals surface area contributed by atoms with Crippen molar-refractivity contribution in [2.45, 2.75) is 6.92 Å². The highest BCUT2D eigenvalue weighted by molar-refractivity contribution is 7.99. The van der Waals surface area contributed by atoms with E-state index in [9.17, 15) is 4.79 Å². The first-order valence-electron chi connectivity index (χ1n) is 9.30. The summed E-state index contributed by atoms with van der Waals surface area (Å²) in [5, 5.41) is 2.32. The smallest absolute Gasteiger partial charge is 0.257 e. The number of fused-ring (bicyclic) bond motifs is 1. The molecule has 0 spiro atoms. The zero-order chi connectivity index (χ0) is 19.1. The van der Waals surface area contributed by atoms with E-state index in [0.29, 0.717) is 0 Å². The van der Waals surface area contributed by atoms with Crippen molar-refractivity contribution in [3.63, 3.8) is 0 Å². The monoisotopic (exact) mass is 388 g/mol. The van der Waals surface area contributed by atoms with Gasteiger partial charge in [-0.1, -0.05) is 42.5 Å². The second-order valence-electron chi connectivity index (χ2n) is 6.94. The second kappa shape index (κ2) is 6.87. The highest BCUT2D eigenvalue weighted by Crippen LogP contribution is 2.36. The minimum Gasteiger partial charge on any atom is -0.331 e. The lowest BCUT2D eigenvalue weighted by atomic mass is 9.96. The zero-order valence-corrected chi connectivity index (χ0v) is 16.4. The zero-order valence-electron chi connectivity index (χ0n) is 15.6. The van der Waals surface area contributed by atoms with Gasteiger partial charge in [-0.25, -0.2) is 4.98 Å². The van der Waals surface area contributed by atoms with E-state index in [1.54, 1.807) is 24.3 Å². The Bertz CT molecular complexity index is 1150. The quantitative estimate of drug-likeness (QED) is 0.563. The summed E-state index contributed by atoms with van der Waals surface area (Å²) in [4.78, 5) is 22.7. The number of aromatic amines is 1. The fourth-order valence-corrected chi connectivity index (χ4v) is 4.85. The minimum atomic E-state index is 0.101. The van der Waals surface area contributed by atoms with E-state index in [1.807, 2.05) is 28.5 Å². The molecule has 1 aliphatic rings. The van der Waals surface area contributed by atoms with E-state index in [1.165, 1.54) is 5.39 Å². The maximum Gasteiger partial charge on any atom is 0.257 e. The molecule has 0 bridgehead atoms. The number of carbonyl (C=O) groups excluding carboxylic acids is 1. The summed E-state index contributed by atoms with van der Waals surface area (Å²) in [6.45, 7) is 2.80. The van der Waals surface area contributed by atoms with Crippen LogP contribution in [-0.2, 0) is 0 Å². The third-order valence-corrected chi connectivity index (χ3v) is 6.29. The van der Waals surface area contributed by atoms with Crippen LogP contribution < -0.4 is 0 Å². The van der Waals surface area contributed by atoms with Crippen molar-refractivity contribution in [3.8, 4) is 16.9 Å². The molecule has 0 saturated carbocycles. The lowest BCUT2D eigenvalue weighted by molar-refractivity contribution is 0.0803. The Labute approximate surface area is 167 Å². The molecule has 2 aromatic carbocycles. The van der Waals surface area contributed by atoms with Gasteiger partial charge in [-0.05, 0) is 23.3 Å². The van der Waals surface area contributed by atoms with Gasteiger partial charge < -0.3 is 14.5 Å². The lowest BCUT2D eigenvalue weighted by Gasteiger charge is -2.16. The number of aromatic nitrogens is 3. The first-order chi connectivity index (χ1) is 13.7. The van der Waals surface area contributed by atoms with E-state index in [-0.39, 0.29) is 5.91 Å². The van der Waals surface area contributed by atoms with Gasteiger partial charge in [0, 0.05) is 29.8 Å². The molecule has 0 unspecified atom stereocenters. The molecule has 1 amide bonds. The number of thioether (sulfide) groups is 1. The molecule has 2 aromatic heterocycles. The van der Waals surface area contributed by atoms with E-state index in [2.05, 4.69) is 46.5 Å². The van der Waals surface area contributed by atoms with Crippen LogP contribution in [0.3, 0.4) is 0 Å². The number of hydrogen-bond acceptors (Lipinski definition) is 3. The summed E-state index contributed by atoms with van der Waals surface area (Å²) in [7, 11) is 0. The Morgan fingerprint density at radius 3 is 2.79 bits per heavy atom. The molecule has 3 heterocycles. The van der Waals surface area contributed by atoms with E-state index >= 15 is 0 Å². The Morgan fingerprint density at radius 2 is 2.00 bits per heavy atom. The summed E-state index contributed by atoms with van der Waals surface area (Å²) in [6, 6.07) is 14.6. The van der Waals surface area contributed by atoms with Crippen LogP contribution in [0.25, 0.3) is 27.7 Å². The molecule has 1 N–H and O–H groups in total. The van der Waals surface area contributed by atoms with Crippen molar-refractivity contribution in [1.82, 2.24) is 19.4 Å². The van der Waals surface area contributed by atoms with Crippen molar-refractivity contribution in [2.24, 2.45) is 0 Å². The van der Waals surface area contributed by atoms with Crippen LogP contribution in [-0.4, -0.2) is 43.5 Å². The van der Waals surface area contributed by atoms with Gasteiger partial charge in [-0.15, -0.1) is 11.8 Å². The van der Waals surface area contributed by atoms with Crippen molar-refractivity contribution in [2.75, 3.05) is 18.2 Å². The van der Waals surface area contributed by atoms with Gasteiger partial charge in [-0.3, -0.25) is 4.79 Å². The minimum absolute atomic E-state index is 0.101. The number of nitrogens with zero attached hydrogens (tertiary/aromatic N) is 3. The largest absolute Gasteiger partial charge is 0.331 e. The van der Waals surface area contributed by atoms with Crippen LogP contribution in [0.1, 0.15) is 16.1 Å². The highest BCUT2D eigenvalue weighted by atomic mass is 32.2. The van der Waals surface area contributed by atoms with Gasteiger partial charge in [0.1, 0.15) is 5.82 Å². The van der Waals surface area contributed by atoms with Crippen LogP contribution >= 0.6 is 11.8 Å². The number of H-pyrrole nitrogens is 1. The molecule has 0 radical (unpaired) electrons. The SMILES string of the molecule is Cc1c(C(=O)N2CCSC2)c(-c2cccc3ccccc23)cn1-c1cnc[nH]1. The molecule has 1 aliphatic heterocycles. The highest BCUT2D eigenvalue weighted by Gasteiger charge is 2.28. The molecule has 4 aromatic rings. The summed E-state index contributed by atoms with van der Waals surface area (Å²) in [6.07, 6.45) is 5.49. The Morgan fingerprint density at radius 1 is 1.14 bits per heavy atom. The maximum atomic E-state index is 13.5. The van der Waals surface area contributed by atoms with E-state index in [4.69, 9.17) is 0 Å². The van der Waals surface area contributed by atoms with Crippen LogP contribution in [0.15, 0.2) is 61.2 Å². The first-order valence-corrected chi connectivity index (χ1v) is 10.5. The molecular formula is C22H20N4OS. The molecule has 5 rings (SSSR count). The number of hydrogen-bond donors (Lipinski definition) is 1. The topological polar surface area (TPSA) is 53.9 Å². The summed E-state index contributed by atoms with van der Waals surface area (Å²) < 4.78 is 2.03. The van der Waals surface area contributed by atoms with Crippen LogP contribution in [0.5, 0.6) is 0 Å². The molecular weight excluding hydrogens is 368 g/mol. The van der Waals surface area contributed by atoms with E-state index < -0.39 is 0 Å². The van der Waals surface area contributed by atoms with Crippen LogP contribution in [0.2, 0.25) is 0 Å². The van der Waals surface area contributed by atoms with Gasteiger partial charge in [0.05, 0.1) is 24.0 Å². The summed E-state index contributed by atoms with van der Waals surface area (Å²) >= 11 is 1.80. The fraction of sp³-hybridized carbons (Fsp3) is 0.182. The van der Waals surface area contributed by atoms with Crippen LogP contribution in [0.4, 0.5) is 0 Å². The van der Waals surface area contributed by atoms with Gasteiger partial charge in [0.25, 0.3) is 5.91 Å². The average molecular weight is 388 g/mol. The maximum absolute atomic E-state index is 13.5. The van der Waals surface area contributed by atoms with Gasteiger partial charge in [-0.2, -0.15) is 0 Å². The summed E-state index contributed by atoms with van der Waals surface area (Å²) in [5.41, 5.74) is 3.74. The molecule has 0 atom stereocenters. The van der Waals surface area contributed by atoms with Crippen molar-refractivity contribution < 1.29 is 4.79 Å². The molecule has 5 nitrogen and oxygen atoms in total. The average Bonchev–Trinajstić information content (AvgIpc) is 3.48. The van der Waals surface area contributed by atoms with Gasteiger partial charge in [0.15, 0.2) is 0 Å². The lowest BCUT2D eigenvalue weighted by Crippen LogP contribution is -2.28. The molecule has 1 saturated heterocycles. The molecule has 6 heteroatoms. The third-order valence-electron chi connectivity index (χ3n) is 5.33. The van der Waals surface area contributed by atoms with Crippen molar-refractivity contribution in [3.05, 3.63) is 72.4 Å². The second-order valence-corrected chi connectivity index (χ2v) is 8.02. The van der Waals surface area contributed by atoms with Crippen molar-refractivity contribution >= 4 is 28.4 Å². The van der Waals surface area contributed by atoms with Gasteiger partial charge in [0.2, 0.25) is 0 Å². The molecule has 28 heavy (non-hydrogen) atoms. The molecule has 140 valence electrons.